The molecule has 3 heterocycles. The SMILES string of the molecule is Cn1ncc2ccc(C(=O)C(=O)N[C@H](CN3CCCC3)[C@H](O)c3cc(F)c4c(c3)OCCO4)cc21. The van der Waals surface area contributed by atoms with E-state index >= 15 is 0 Å². The monoisotopic (exact) mass is 482 g/mol. The molecule has 0 spiro atoms. The number of likely N-dealkylation sites (tertiary alicyclic amines) is 1. The number of nitrogens with one attached hydrogen (secondary N) is 1. The van der Waals surface area contributed by atoms with Crippen LogP contribution in [0.3, 0.4) is 0 Å². The van der Waals surface area contributed by atoms with Crippen molar-refractivity contribution in [2.75, 3.05) is 32.8 Å². The fourth-order valence-electron chi connectivity index (χ4n) is 4.65. The average molecular weight is 483 g/mol. The molecule has 2 N–H and O–H groups in total. The van der Waals surface area contributed by atoms with E-state index in [4.69, 9.17) is 9.47 Å². The fraction of sp³-hybridized carbons (Fsp3) is 0.400. The summed E-state index contributed by atoms with van der Waals surface area (Å²) in [6, 6.07) is 6.78. The number of ether oxygens (including phenoxy) is 2. The smallest absolute Gasteiger partial charge is 0.292 e. The highest BCUT2D eigenvalue weighted by Crippen LogP contribution is 2.36. The molecule has 1 saturated heterocycles. The Labute approximate surface area is 201 Å². The maximum absolute atomic E-state index is 14.6. The second kappa shape index (κ2) is 9.63. The molecule has 0 unspecified atom stereocenters. The third-order valence-corrected chi connectivity index (χ3v) is 6.53. The third kappa shape index (κ3) is 4.71. The predicted molar refractivity (Wildman–Crippen MR) is 125 cm³/mol. The maximum atomic E-state index is 14.6. The number of aliphatic hydroxyl groups is 1. The van der Waals surface area contributed by atoms with Gasteiger partial charge < -0.3 is 24.8 Å². The summed E-state index contributed by atoms with van der Waals surface area (Å²) in [5.74, 6) is -2.00. The van der Waals surface area contributed by atoms with Crippen molar-refractivity contribution in [2.45, 2.75) is 25.0 Å². The van der Waals surface area contributed by atoms with Crippen LogP contribution in [-0.2, 0) is 11.8 Å². The summed E-state index contributed by atoms with van der Waals surface area (Å²) in [7, 11) is 1.76. The molecule has 0 radical (unpaired) electrons. The zero-order valence-corrected chi connectivity index (χ0v) is 19.4. The standard InChI is InChI=1S/C25H27FN4O5/c1-29-20-11-15(4-5-16(20)13-27-29)23(32)25(33)28-19(14-30-6-2-3-7-30)22(31)17-10-18(26)24-21(12-17)34-8-9-35-24/h4-5,10-13,19,22,31H,2-3,6-9,14H2,1H3,(H,28,33)/t19-,22-/m1/s1. The normalized spacial score (nSPS) is 17.3. The topological polar surface area (TPSA) is 106 Å². The minimum atomic E-state index is -1.27. The van der Waals surface area contributed by atoms with Crippen LogP contribution in [0.4, 0.5) is 4.39 Å². The Morgan fingerprint density at radius 2 is 1.94 bits per heavy atom. The van der Waals surface area contributed by atoms with Crippen LogP contribution in [0.25, 0.3) is 10.9 Å². The Hall–Kier alpha value is -3.50. The Kier molecular flexibility index (Phi) is 6.40. The van der Waals surface area contributed by atoms with E-state index in [1.807, 2.05) is 0 Å². The number of aromatic nitrogens is 2. The molecule has 2 aliphatic rings. The predicted octanol–water partition coefficient (Wildman–Crippen LogP) is 1.98. The molecular weight excluding hydrogens is 455 g/mol. The molecule has 3 aromatic rings. The van der Waals surface area contributed by atoms with E-state index in [-0.39, 0.29) is 35.8 Å². The van der Waals surface area contributed by atoms with Crippen LogP contribution in [0, 0.1) is 5.82 Å². The minimum absolute atomic E-state index is 0.00747. The molecule has 2 aliphatic heterocycles. The van der Waals surface area contributed by atoms with Gasteiger partial charge in [0.1, 0.15) is 19.3 Å². The molecule has 1 amide bonds. The zero-order chi connectivity index (χ0) is 24.5. The van der Waals surface area contributed by atoms with Gasteiger partial charge in [0.15, 0.2) is 17.3 Å². The van der Waals surface area contributed by atoms with Gasteiger partial charge in [0.25, 0.3) is 5.91 Å². The van der Waals surface area contributed by atoms with Crippen LogP contribution in [0.1, 0.15) is 34.9 Å². The molecule has 10 heteroatoms. The maximum Gasteiger partial charge on any atom is 0.292 e. The summed E-state index contributed by atoms with van der Waals surface area (Å²) in [6.07, 6.45) is 2.44. The lowest BCUT2D eigenvalue weighted by Gasteiger charge is -2.29. The summed E-state index contributed by atoms with van der Waals surface area (Å²) in [6.45, 7) is 2.47. The first kappa shape index (κ1) is 23.3. The zero-order valence-electron chi connectivity index (χ0n) is 19.4. The number of ketones is 1. The molecule has 2 atom stereocenters. The van der Waals surface area contributed by atoms with Gasteiger partial charge in [-0.05, 0) is 49.7 Å². The number of aliphatic hydroxyl groups excluding tert-OH is 1. The summed E-state index contributed by atoms with van der Waals surface area (Å²) < 4.78 is 27.1. The molecule has 5 rings (SSSR count). The van der Waals surface area contributed by atoms with Crippen molar-refractivity contribution in [3.63, 3.8) is 0 Å². The van der Waals surface area contributed by atoms with Gasteiger partial charge in [-0.1, -0.05) is 12.1 Å². The van der Waals surface area contributed by atoms with Crippen molar-refractivity contribution in [3.05, 3.63) is 53.5 Å². The number of aryl methyl sites for hydroxylation is 1. The Morgan fingerprint density at radius 3 is 2.74 bits per heavy atom. The summed E-state index contributed by atoms with van der Waals surface area (Å²) in [5.41, 5.74) is 1.18. The lowest BCUT2D eigenvalue weighted by Crippen LogP contribution is -2.48. The van der Waals surface area contributed by atoms with Gasteiger partial charge >= 0.3 is 0 Å². The van der Waals surface area contributed by atoms with Crippen molar-refractivity contribution in [3.8, 4) is 11.5 Å². The van der Waals surface area contributed by atoms with Crippen LogP contribution in [0.5, 0.6) is 11.5 Å². The number of Topliss-reactive ketones (excluding diaryl/α,β-unsaturated/α-hetero) is 1. The van der Waals surface area contributed by atoms with E-state index in [0.29, 0.717) is 6.54 Å². The lowest BCUT2D eigenvalue weighted by atomic mass is 9.99. The number of carbonyl (C=O) groups excluding carboxylic acids is 2. The Morgan fingerprint density at radius 1 is 1.17 bits per heavy atom. The highest BCUT2D eigenvalue weighted by molar-refractivity contribution is 6.43. The van der Waals surface area contributed by atoms with E-state index in [2.05, 4.69) is 15.3 Å². The molecule has 0 saturated carbocycles. The largest absolute Gasteiger partial charge is 0.486 e. The van der Waals surface area contributed by atoms with E-state index in [1.54, 1.807) is 36.1 Å². The summed E-state index contributed by atoms with van der Waals surface area (Å²) >= 11 is 0. The van der Waals surface area contributed by atoms with Crippen molar-refractivity contribution in [1.29, 1.82) is 0 Å². The van der Waals surface area contributed by atoms with Crippen LogP contribution in [0.15, 0.2) is 36.5 Å². The highest BCUT2D eigenvalue weighted by atomic mass is 19.1. The molecule has 1 aromatic heterocycles. The molecule has 35 heavy (non-hydrogen) atoms. The number of hydrogen-bond acceptors (Lipinski definition) is 7. The van der Waals surface area contributed by atoms with Gasteiger partial charge in [-0.25, -0.2) is 4.39 Å². The van der Waals surface area contributed by atoms with Crippen LogP contribution in [-0.4, -0.2) is 70.4 Å². The quantitative estimate of drug-likeness (QED) is 0.392. The van der Waals surface area contributed by atoms with Crippen LogP contribution in [0.2, 0.25) is 0 Å². The van der Waals surface area contributed by atoms with E-state index in [0.717, 1.165) is 36.8 Å². The number of benzene rings is 2. The summed E-state index contributed by atoms with van der Waals surface area (Å²) in [5, 5.41) is 18.9. The number of hydrogen-bond donors (Lipinski definition) is 2. The van der Waals surface area contributed by atoms with Gasteiger partial charge in [0.2, 0.25) is 5.78 Å². The molecule has 0 aliphatic carbocycles. The van der Waals surface area contributed by atoms with Crippen LogP contribution < -0.4 is 14.8 Å². The molecule has 1 fully saturated rings. The molecule has 184 valence electrons. The van der Waals surface area contributed by atoms with Gasteiger partial charge in [-0.2, -0.15) is 5.10 Å². The molecular formula is C25H27FN4O5. The second-order valence-corrected chi connectivity index (χ2v) is 8.93. The number of amides is 1. The van der Waals surface area contributed by atoms with E-state index in [9.17, 15) is 19.1 Å². The third-order valence-electron chi connectivity index (χ3n) is 6.53. The number of rotatable bonds is 7. The molecule has 9 nitrogen and oxygen atoms in total. The first-order valence-electron chi connectivity index (χ1n) is 11.7. The first-order valence-corrected chi connectivity index (χ1v) is 11.7. The summed E-state index contributed by atoms with van der Waals surface area (Å²) in [4.78, 5) is 28.1. The van der Waals surface area contributed by atoms with Gasteiger partial charge in [0, 0.05) is 24.5 Å². The van der Waals surface area contributed by atoms with E-state index < -0.39 is 29.7 Å². The Balaban J connectivity index is 1.39. The van der Waals surface area contributed by atoms with Gasteiger partial charge in [-0.15, -0.1) is 0 Å². The molecule has 0 bridgehead atoms. The van der Waals surface area contributed by atoms with Gasteiger partial charge in [0.05, 0.1) is 17.8 Å². The van der Waals surface area contributed by atoms with Crippen LogP contribution >= 0.6 is 0 Å². The van der Waals surface area contributed by atoms with Gasteiger partial charge in [-0.3, -0.25) is 14.3 Å². The number of fused-ring (bicyclic) bond motifs is 2. The first-order chi connectivity index (χ1) is 16.9. The van der Waals surface area contributed by atoms with Crippen molar-refractivity contribution < 1.29 is 28.6 Å². The van der Waals surface area contributed by atoms with E-state index in [1.165, 1.54) is 12.1 Å². The number of carbonyl (C=O) groups is 2. The Bertz CT molecular complexity index is 1270. The number of nitrogens with zero attached hydrogens (tertiary/aromatic N) is 3. The lowest BCUT2D eigenvalue weighted by molar-refractivity contribution is -0.118. The average Bonchev–Trinajstić information content (AvgIpc) is 3.52. The minimum Gasteiger partial charge on any atom is -0.486 e. The highest BCUT2D eigenvalue weighted by Gasteiger charge is 2.31. The van der Waals surface area contributed by atoms with Crippen molar-refractivity contribution in [2.24, 2.45) is 7.05 Å². The number of halogens is 1. The van der Waals surface area contributed by atoms with Crippen molar-refractivity contribution in [1.82, 2.24) is 20.0 Å². The fourth-order valence-corrected chi connectivity index (χ4v) is 4.65. The van der Waals surface area contributed by atoms with Crippen molar-refractivity contribution >= 4 is 22.6 Å². The second-order valence-electron chi connectivity index (χ2n) is 8.93. The molecule has 2 aromatic carbocycles.